The van der Waals surface area contributed by atoms with E-state index in [1.165, 1.54) is 6.92 Å². The molecule has 0 saturated carbocycles. The van der Waals surface area contributed by atoms with Crippen molar-refractivity contribution in [3.05, 3.63) is 64.7 Å². The molecule has 2 rings (SSSR count). The second-order valence-electron chi connectivity index (χ2n) is 7.91. The summed E-state index contributed by atoms with van der Waals surface area (Å²) in [5, 5.41) is 5.72. The Kier molecular flexibility index (Phi) is 8.30. The summed E-state index contributed by atoms with van der Waals surface area (Å²) in [6.45, 7) is 7.51. The van der Waals surface area contributed by atoms with Crippen molar-refractivity contribution in [2.45, 2.75) is 40.2 Å². The van der Waals surface area contributed by atoms with Crippen molar-refractivity contribution in [3.8, 4) is 0 Å². The fourth-order valence-electron chi connectivity index (χ4n) is 3.49. The van der Waals surface area contributed by atoms with Crippen molar-refractivity contribution in [3.63, 3.8) is 0 Å². The highest BCUT2D eigenvalue weighted by atomic mass is 16.2. The van der Waals surface area contributed by atoms with Crippen LogP contribution in [0.3, 0.4) is 0 Å². The minimum Gasteiger partial charge on any atom is -0.345 e. The molecule has 0 heterocycles. The summed E-state index contributed by atoms with van der Waals surface area (Å²) in [6, 6.07) is 13.0. The summed E-state index contributed by atoms with van der Waals surface area (Å²) in [6.07, 6.45) is 0.443. The fourth-order valence-corrected chi connectivity index (χ4v) is 3.49. The molecule has 0 saturated heterocycles. The van der Waals surface area contributed by atoms with Gasteiger partial charge in [0.2, 0.25) is 11.8 Å². The lowest BCUT2D eigenvalue weighted by molar-refractivity contribution is -0.128. The molecule has 2 aromatic rings. The standard InChI is InChI=1S/C24H31N3O3/c1-16-11-17(2)24(18(3)12-16)26-23(30)15-27(5)14-22(29)25-21(19(4)28)13-20-9-7-6-8-10-20/h6-12,21H,13-15H2,1-5H3,(H,25,29)(H,26,30)/t21-/m0/s1. The van der Waals surface area contributed by atoms with E-state index in [4.69, 9.17) is 0 Å². The first-order valence-corrected chi connectivity index (χ1v) is 10.1. The third kappa shape index (κ3) is 7.12. The van der Waals surface area contributed by atoms with Crippen molar-refractivity contribution < 1.29 is 14.4 Å². The first kappa shape index (κ1) is 23.3. The molecule has 1 atom stereocenters. The van der Waals surface area contributed by atoms with Crippen LogP contribution in [0.2, 0.25) is 0 Å². The molecule has 6 nitrogen and oxygen atoms in total. The number of rotatable bonds is 9. The minimum absolute atomic E-state index is 0.0256. The van der Waals surface area contributed by atoms with Crippen LogP contribution in [0.15, 0.2) is 42.5 Å². The van der Waals surface area contributed by atoms with E-state index in [2.05, 4.69) is 10.6 Å². The average molecular weight is 410 g/mol. The highest BCUT2D eigenvalue weighted by molar-refractivity contribution is 5.94. The molecule has 0 unspecified atom stereocenters. The van der Waals surface area contributed by atoms with Crippen molar-refractivity contribution in [1.29, 1.82) is 0 Å². The number of nitrogens with zero attached hydrogens (tertiary/aromatic N) is 1. The predicted molar refractivity (Wildman–Crippen MR) is 120 cm³/mol. The Bertz CT molecular complexity index is 886. The third-order valence-corrected chi connectivity index (χ3v) is 4.88. The molecule has 0 aliphatic rings. The number of benzene rings is 2. The third-order valence-electron chi connectivity index (χ3n) is 4.88. The molecule has 160 valence electrons. The maximum atomic E-state index is 12.4. The molecule has 0 fully saturated rings. The number of Topliss-reactive ketones (excluding diaryl/α,β-unsaturated/α-hetero) is 1. The monoisotopic (exact) mass is 409 g/mol. The summed E-state index contributed by atoms with van der Waals surface area (Å²) < 4.78 is 0. The van der Waals surface area contributed by atoms with Crippen LogP contribution in [0, 0.1) is 20.8 Å². The van der Waals surface area contributed by atoms with Gasteiger partial charge in [0, 0.05) is 5.69 Å². The number of aryl methyl sites for hydroxylation is 3. The molecule has 0 aliphatic carbocycles. The van der Waals surface area contributed by atoms with Crippen LogP contribution >= 0.6 is 0 Å². The van der Waals surface area contributed by atoms with Crippen LogP contribution in [-0.4, -0.2) is 48.7 Å². The van der Waals surface area contributed by atoms with Gasteiger partial charge in [-0.05, 0) is 57.9 Å². The van der Waals surface area contributed by atoms with Crippen molar-refractivity contribution in [1.82, 2.24) is 10.2 Å². The molecule has 2 aromatic carbocycles. The number of anilines is 1. The Labute approximate surface area is 178 Å². The van der Waals surface area contributed by atoms with Gasteiger partial charge in [-0.3, -0.25) is 19.3 Å². The van der Waals surface area contributed by atoms with Crippen LogP contribution in [0.25, 0.3) is 0 Å². The summed E-state index contributed by atoms with van der Waals surface area (Å²) >= 11 is 0. The highest BCUT2D eigenvalue weighted by Crippen LogP contribution is 2.21. The summed E-state index contributed by atoms with van der Waals surface area (Å²) in [5.41, 5.74) is 4.95. The zero-order valence-electron chi connectivity index (χ0n) is 18.4. The van der Waals surface area contributed by atoms with Gasteiger partial charge in [-0.1, -0.05) is 48.0 Å². The zero-order valence-corrected chi connectivity index (χ0v) is 18.4. The van der Waals surface area contributed by atoms with Crippen LogP contribution in [0.1, 0.15) is 29.2 Å². The smallest absolute Gasteiger partial charge is 0.238 e. The normalized spacial score (nSPS) is 11.8. The number of ketones is 1. The Morgan fingerprint density at radius 1 is 0.933 bits per heavy atom. The molecular formula is C24H31N3O3. The van der Waals surface area contributed by atoms with Crippen molar-refractivity contribution in [2.75, 3.05) is 25.5 Å². The maximum Gasteiger partial charge on any atom is 0.238 e. The number of nitrogens with one attached hydrogen (secondary N) is 2. The summed E-state index contributed by atoms with van der Waals surface area (Å²) in [5.74, 6) is -0.574. The molecule has 0 aliphatic heterocycles. The second kappa shape index (κ2) is 10.7. The Balaban J connectivity index is 1.88. The lowest BCUT2D eigenvalue weighted by Gasteiger charge is -2.20. The average Bonchev–Trinajstić information content (AvgIpc) is 2.64. The van der Waals surface area contributed by atoms with Gasteiger partial charge in [0.1, 0.15) is 0 Å². The minimum atomic E-state index is -0.583. The Morgan fingerprint density at radius 3 is 2.07 bits per heavy atom. The fraction of sp³-hybridized carbons (Fsp3) is 0.375. The van der Waals surface area contributed by atoms with Gasteiger partial charge in [-0.25, -0.2) is 0 Å². The van der Waals surface area contributed by atoms with E-state index in [0.29, 0.717) is 6.42 Å². The molecule has 6 heteroatoms. The van der Waals surface area contributed by atoms with Gasteiger partial charge < -0.3 is 10.6 Å². The van der Waals surface area contributed by atoms with E-state index < -0.39 is 6.04 Å². The molecule has 2 amide bonds. The maximum absolute atomic E-state index is 12.4. The van der Waals surface area contributed by atoms with Crippen LogP contribution in [0.4, 0.5) is 5.69 Å². The lowest BCUT2D eigenvalue weighted by Crippen LogP contribution is -2.46. The first-order valence-electron chi connectivity index (χ1n) is 10.1. The topological polar surface area (TPSA) is 78.5 Å². The molecular weight excluding hydrogens is 378 g/mol. The molecule has 0 spiro atoms. The summed E-state index contributed by atoms with van der Waals surface area (Å²) in [7, 11) is 1.70. The van der Waals surface area contributed by atoms with Crippen molar-refractivity contribution >= 4 is 23.3 Å². The summed E-state index contributed by atoms with van der Waals surface area (Å²) in [4.78, 5) is 38.4. The van der Waals surface area contributed by atoms with E-state index in [9.17, 15) is 14.4 Å². The van der Waals surface area contributed by atoms with Crippen LogP contribution < -0.4 is 10.6 Å². The highest BCUT2D eigenvalue weighted by Gasteiger charge is 2.19. The van der Waals surface area contributed by atoms with Gasteiger partial charge in [0.25, 0.3) is 0 Å². The lowest BCUT2D eigenvalue weighted by atomic mass is 10.0. The second-order valence-corrected chi connectivity index (χ2v) is 7.91. The van der Waals surface area contributed by atoms with E-state index in [0.717, 1.165) is 27.9 Å². The number of hydrogen-bond donors (Lipinski definition) is 2. The van der Waals surface area contributed by atoms with E-state index in [1.54, 1.807) is 11.9 Å². The molecule has 0 bridgehead atoms. The Morgan fingerprint density at radius 2 is 1.50 bits per heavy atom. The quantitative estimate of drug-likeness (QED) is 0.668. The molecule has 0 radical (unpaired) electrons. The van der Waals surface area contributed by atoms with Gasteiger partial charge in [0.15, 0.2) is 5.78 Å². The molecule has 2 N–H and O–H groups in total. The SMILES string of the molecule is CC(=O)[C@H](Cc1ccccc1)NC(=O)CN(C)CC(=O)Nc1c(C)cc(C)cc1C. The number of amides is 2. The first-order chi connectivity index (χ1) is 14.2. The number of carbonyl (C=O) groups is 3. The number of carbonyl (C=O) groups excluding carboxylic acids is 3. The molecule has 0 aromatic heterocycles. The van der Waals surface area contributed by atoms with Crippen molar-refractivity contribution in [2.24, 2.45) is 0 Å². The van der Waals surface area contributed by atoms with Crippen LogP contribution in [-0.2, 0) is 20.8 Å². The van der Waals surface area contributed by atoms with E-state index in [-0.39, 0.29) is 30.7 Å². The van der Waals surface area contributed by atoms with Gasteiger partial charge in [0.05, 0.1) is 19.1 Å². The van der Waals surface area contributed by atoms with Gasteiger partial charge >= 0.3 is 0 Å². The predicted octanol–water partition coefficient (Wildman–Crippen LogP) is 2.80. The van der Waals surface area contributed by atoms with Crippen LogP contribution in [0.5, 0.6) is 0 Å². The largest absolute Gasteiger partial charge is 0.345 e. The zero-order chi connectivity index (χ0) is 22.3. The van der Waals surface area contributed by atoms with E-state index in [1.807, 2.05) is 63.2 Å². The van der Waals surface area contributed by atoms with E-state index >= 15 is 0 Å². The van der Waals surface area contributed by atoms with Gasteiger partial charge in [-0.15, -0.1) is 0 Å². The number of hydrogen-bond acceptors (Lipinski definition) is 4. The van der Waals surface area contributed by atoms with Gasteiger partial charge in [-0.2, -0.15) is 0 Å². The molecule has 30 heavy (non-hydrogen) atoms. The number of likely N-dealkylation sites (N-methyl/N-ethyl adjacent to an activating group) is 1. The Hall–Kier alpha value is -2.99.